The molecule has 0 bridgehead atoms. The second kappa shape index (κ2) is 7.82. The van der Waals surface area contributed by atoms with Gasteiger partial charge in [-0.1, -0.05) is 30.3 Å². The predicted octanol–water partition coefficient (Wildman–Crippen LogP) is 3.60. The van der Waals surface area contributed by atoms with Crippen molar-refractivity contribution in [3.63, 3.8) is 0 Å². The van der Waals surface area contributed by atoms with Crippen molar-refractivity contribution in [1.29, 1.82) is 0 Å². The van der Waals surface area contributed by atoms with Crippen LogP contribution in [0.4, 0.5) is 4.79 Å². The van der Waals surface area contributed by atoms with E-state index in [9.17, 15) is 9.59 Å². The van der Waals surface area contributed by atoms with Gasteiger partial charge in [-0.3, -0.25) is 4.79 Å². The molecule has 1 aromatic heterocycles. The molecule has 0 radical (unpaired) electrons. The highest BCUT2D eigenvalue weighted by Gasteiger charge is 2.37. The Morgan fingerprint density at radius 3 is 2.69 bits per heavy atom. The molecule has 1 aromatic carbocycles. The number of rotatable bonds is 5. The average molecular weight is 352 g/mol. The molecule has 0 aliphatic carbocycles. The summed E-state index contributed by atoms with van der Waals surface area (Å²) < 4.78 is 10.5. The topological polar surface area (TPSA) is 68.7 Å². The third kappa shape index (κ3) is 4.08. The standard InChI is InChI=1S/C20H20N2O4/c1-14(2)26-18-10-8-15(12-21-18)9-11-19(23)22-17(13-25-20(22)24)16-6-4-3-5-7-16/h3-12,14,17H,13H2,1-2H3/b11-9+/t17-/m0/s1. The highest BCUT2D eigenvalue weighted by atomic mass is 16.6. The first kappa shape index (κ1) is 17.7. The normalized spacial score (nSPS) is 17.0. The number of nitrogens with zero attached hydrogens (tertiary/aromatic N) is 2. The number of pyridine rings is 1. The maximum Gasteiger partial charge on any atom is 0.417 e. The summed E-state index contributed by atoms with van der Waals surface area (Å²) in [6, 6.07) is 12.5. The van der Waals surface area contributed by atoms with Crippen molar-refractivity contribution in [3.8, 4) is 5.88 Å². The molecular weight excluding hydrogens is 332 g/mol. The molecule has 0 saturated carbocycles. The second-order valence-electron chi connectivity index (χ2n) is 6.14. The van der Waals surface area contributed by atoms with Gasteiger partial charge in [0.15, 0.2) is 0 Å². The number of benzene rings is 1. The number of hydrogen-bond acceptors (Lipinski definition) is 5. The van der Waals surface area contributed by atoms with Gasteiger partial charge in [-0.2, -0.15) is 0 Å². The summed E-state index contributed by atoms with van der Waals surface area (Å²) in [5, 5.41) is 0. The van der Waals surface area contributed by atoms with Crippen LogP contribution in [0.2, 0.25) is 0 Å². The Kier molecular flexibility index (Phi) is 5.31. The summed E-state index contributed by atoms with van der Waals surface area (Å²) in [6.07, 6.45) is 3.98. The zero-order chi connectivity index (χ0) is 18.5. The van der Waals surface area contributed by atoms with Gasteiger partial charge in [-0.25, -0.2) is 14.7 Å². The predicted molar refractivity (Wildman–Crippen MR) is 96.4 cm³/mol. The molecule has 6 nitrogen and oxygen atoms in total. The number of aromatic nitrogens is 1. The molecule has 2 heterocycles. The lowest BCUT2D eigenvalue weighted by Crippen LogP contribution is -2.32. The van der Waals surface area contributed by atoms with Crippen LogP contribution in [-0.2, 0) is 9.53 Å². The van der Waals surface area contributed by atoms with Crippen molar-refractivity contribution in [2.24, 2.45) is 0 Å². The fraction of sp³-hybridized carbons (Fsp3) is 0.250. The summed E-state index contributed by atoms with van der Waals surface area (Å²) in [4.78, 5) is 29.8. The van der Waals surface area contributed by atoms with Crippen molar-refractivity contribution in [1.82, 2.24) is 9.88 Å². The maximum absolute atomic E-state index is 12.5. The zero-order valence-electron chi connectivity index (χ0n) is 14.7. The quantitative estimate of drug-likeness (QED) is 0.769. The lowest BCUT2D eigenvalue weighted by molar-refractivity contribution is -0.124. The number of cyclic esters (lactones) is 1. The van der Waals surface area contributed by atoms with E-state index in [1.54, 1.807) is 24.4 Å². The molecule has 0 N–H and O–H groups in total. The van der Waals surface area contributed by atoms with Crippen molar-refractivity contribution < 1.29 is 19.1 Å². The first-order valence-electron chi connectivity index (χ1n) is 8.40. The van der Waals surface area contributed by atoms with Gasteiger partial charge in [0, 0.05) is 18.3 Å². The zero-order valence-corrected chi connectivity index (χ0v) is 14.7. The molecule has 0 unspecified atom stereocenters. The monoisotopic (exact) mass is 352 g/mol. The summed E-state index contributed by atoms with van der Waals surface area (Å²) >= 11 is 0. The van der Waals surface area contributed by atoms with Crippen molar-refractivity contribution in [3.05, 3.63) is 65.9 Å². The van der Waals surface area contributed by atoms with Crippen molar-refractivity contribution in [2.75, 3.05) is 6.61 Å². The number of carbonyl (C=O) groups is 2. The molecule has 0 spiro atoms. The van der Waals surface area contributed by atoms with Gasteiger partial charge in [-0.05, 0) is 37.1 Å². The van der Waals surface area contributed by atoms with Gasteiger partial charge in [-0.15, -0.1) is 0 Å². The Balaban J connectivity index is 1.71. The molecule has 1 saturated heterocycles. The minimum Gasteiger partial charge on any atom is -0.475 e. The third-order valence-corrected chi connectivity index (χ3v) is 3.83. The fourth-order valence-corrected chi connectivity index (χ4v) is 2.63. The molecule has 1 aliphatic rings. The Hall–Kier alpha value is -3.15. The Bertz CT molecular complexity index is 800. The van der Waals surface area contributed by atoms with E-state index in [0.717, 1.165) is 16.0 Å². The number of hydrogen-bond donors (Lipinski definition) is 0. The van der Waals surface area contributed by atoms with Crippen LogP contribution in [0.5, 0.6) is 5.88 Å². The van der Waals surface area contributed by atoms with Gasteiger partial charge in [0.25, 0.3) is 5.91 Å². The van der Waals surface area contributed by atoms with Crippen LogP contribution in [0, 0.1) is 0 Å². The molecule has 1 fully saturated rings. The minimum atomic E-state index is -0.632. The Labute approximate surface area is 152 Å². The lowest BCUT2D eigenvalue weighted by Gasteiger charge is -2.18. The fourth-order valence-electron chi connectivity index (χ4n) is 2.63. The van der Waals surface area contributed by atoms with E-state index in [-0.39, 0.29) is 12.7 Å². The van der Waals surface area contributed by atoms with Crippen LogP contribution < -0.4 is 4.74 Å². The number of amides is 2. The lowest BCUT2D eigenvalue weighted by atomic mass is 10.1. The first-order chi connectivity index (χ1) is 12.5. The molecule has 2 aromatic rings. The van der Waals surface area contributed by atoms with Crippen molar-refractivity contribution in [2.45, 2.75) is 26.0 Å². The van der Waals surface area contributed by atoms with Gasteiger partial charge < -0.3 is 9.47 Å². The largest absolute Gasteiger partial charge is 0.475 e. The van der Waals surface area contributed by atoms with Crippen molar-refractivity contribution >= 4 is 18.1 Å². The van der Waals surface area contributed by atoms with E-state index in [4.69, 9.17) is 9.47 Å². The SMILES string of the molecule is CC(C)Oc1ccc(/C=C/C(=O)N2C(=O)OC[C@H]2c2ccccc2)cn1. The Morgan fingerprint density at radius 2 is 2.04 bits per heavy atom. The van der Waals surface area contributed by atoms with Crippen LogP contribution in [-0.4, -0.2) is 34.6 Å². The van der Waals surface area contributed by atoms with Crippen LogP contribution in [0.3, 0.4) is 0 Å². The summed E-state index contributed by atoms with van der Waals surface area (Å²) in [5.41, 5.74) is 1.59. The number of imide groups is 1. The summed E-state index contributed by atoms with van der Waals surface area (Å²) in [7, 11) is 0. The van der Waals surface area contributed by atoms with Crippen LogP contribution in [0.15, 0.2) is 54.7 Å². The highest BCUT2D eigenvalue weighted by Crippen LogP contribution is 2.28. The van der Waals surface area contributed by atoms with E-state index in [1.165, 1.54) is 6.08 Å². The number of ether oxygens (including phenoxy) is 2. The minimum absolute atomic E-state index is 0.0431. The van der Waals surface area contributed by atoms with Crippen LogP contribution in [0.1, 0.15) is 31.0 Å². The molecule has 134 valence electrons. The van der Waals surface area contributed by atoms with Gasteiger partial charge in [0.05, 0.1) is 6.10 Å². The van der Waals surface area contributed by atoms with Gasteiger partial charge in [0.1, 0.15) is 12.6 Å². The molecule has 2 amide bonds. The molecule has 3 rings (SSSR count). The molecule has 1 atom stereocenters. The van der Waals surface area contributed by atoms with Gasteiger partial charge in [0.2, 0.25) is 5.88 Å². The van der Waals surface area contributed by atoms with E-state index >= 15 is 0 Å². The van der Waals surface area contributed by atoms with Gasteiger partial charge >= 0.3 is 6.09 Å². The molecule has 26 heavy (non-hydrogen) atoms. The smallest absolute Gasteiger partial charge is 0.417 e. The Morgan fingerprint density at radius 1 is 1.27 bits per heavy atom. The molecule has 6 heteroatoms. The van der Waals surface area contributed by atoms with E-state index in [2.05, 4.69) is 4.98 Å². The van der Waals surface area contributed by atoms with E-state index < -0.39 is 18.0 Å². The van der Waals surface area contributed by atoms with Crippen LogP contribution in [0.25, 0.3) is 6.08 Å². The van der Waals surface area contributed by atoms with Crippen LogP contribution >= 0.6 is 0 Å². The first-order valence-corrected chi connectivity index (χ1v) is 8.40. The third-order valence-electron chi connectivity index (χ3n) is 3.83. The maximum atomic E-state index is 12.5. The van der Waals surface area contributed by atoms with E-state index in [0.29, 0.717) is 5.88 Å². The molecule has 1 aliphatic heterocycles. The molecular formula is C20H20N2O4. The van der Waals surface area contributed by atoms with E-state index in [1.807, 2.05) is 44.2 Å². The summed E-state index contributed by atoms with van der Waals surface area (Å²) in [5.74, 6) is 0.0969. The second-order valence-corrected chi connectivity index (χ2v) is 6.14. The highest BCUT2D eigenvalue weighted by molar-refractivity contribution is 6.02. The average Bonchev–Trinajstić information content (AvgIpc) is 3.03. The summed E-state index contributed by atoms with van der Waals surface area (Å²) in [6.45, 7) is 4.00. The number of carbonyl (C=O) groups excluding carboxylic acids is 2.